The van der Waals surface area contributed by atoms with Gasteiger partial charge >= 0.3 is 0 Å². The number of rotatable bonds is 5. The van der Waals surface area contributed by atoms with Crippen molar-refractivity contribution in [2.24, 2.45) is 5.92 Å². The van der Waals surface area contributed by atoms with Crippen molar-refractivity contribution in [1.29, 1.82) is 0 Å². The largest absolute Gasteiger partial charge is 0.390 e. The minimum Gasteiger partial charge on any atom is -0.390 e. The summed E-state index contributed by atoms with van der Waals surface area (Å²) in [5.41, 5.74) is -0.503. The van der Waals surface area contributed by atoms with Crippen molar-refractivity contribution >= 4 is 0 Å². The summed E-state index contributed by atoms with van der Waals surface area (Å²) in [7, 11) is 0. The van der Waals surface area contributed by atoms with Crippen molar-refractivity contribution in [3.8, 4) is 0 Å². The fraction of sp³-hybridized carbons (Fsp3) is 1.00. The molecule has 1 aliphatic rings. The first-order chi connectivity index (χ1) is 5.08. The van der Waals surface area contributed by atoms with Crippen LogP contribution in [0.25, 0.3) is 0 Å². The lowest BCUT2D eigenvalue weighted by Gasteiger charge is -2.16. The smallest absolute Gasteiger partial charge is 0.0603 e. The van der Waals surface area contributed by atoms with Gasteiger partial charge in [-0.2, -0.15) is 0 Å². The van der Waals surface area contributed by atoms with E-state index in [1.807, 2.05) is 13.8 Å². The van der Waals surface area contributed by atoms with Gasteiger partial charge in [-0.15, -0.1) is 0 Å². The van der Waals surface area contributed by atoms with E-state index >= 15 is 0 Å². The summed E-state index contributed by atoms with van der Waals surface area (Å²) in [5, 5.41) is 12.7. The van der Waals surface area contributed by atoms with Crippen LogP contribution < -0.4 is 5.32 Å². The lowest BCUT2D eigenvalue weighted by atomic mass is 10.1. The summed E-state index contributed by atoms with van der Waals surface area (Å²) >= 11 is 0. The zero-order chi connectivity index (χ0) is 8.32. The Labute approximate surface area is 69.0 Å². The van der Waals surface area contributed by atoms with Gasteiger partial charge in [-0.1, -0.05) is 0 Å². The van der Waals surface area contributed by atoms with Gasteiger partial charge in [0, 0.05) is 0 Å². The fourth-order valence-electron chi connectivity index (χ4n) is 1.02. The molecule has 11 heavy (non-hydrogen) atoms. The van der Waals surface area contributed by atoms with Crippen LogP contribution in [0, 0.1) is 5.92 Å². The molecule has 2 N–H and O–H groups in total. The first-order valence-electron chi connectivity index (χ1n) is 4.51. The third-order valence-corrected chi connectivity index (χ3v) is 2.04. The third-order valence-electron chi connectivity index (χ3n) is 2.04. The number of hydrogen-bond donors (Lipinski definition) is 2. The van der Waals surface area contributed by atoms with Crippen LogP contribution in [0.1, 0.15) is 33.1 Å². The SMILES string of the molecule is CC(C)(O)CCNCC1CC1. The van der Waals surface area contributed by atoms with E-state index in [4.69, 9.17) is 0 Å². The van der Waals surface area contributed by atoms with Crippen LogP contribution in [-0.4, -0.2) is 23.8 Å². The van der Waals surface area contributed by atoms with E-state index in [9.17, 15) is 5.11 Å². The van der Waals surface area contributed by atoms with Crippen LogP contribution >= 0.6 is 0 Å². The minimum atomic E-state index is -0.503. The minimum absolute atomic E-state index is 0.503. The van der Waals surface area contributed by atoms with Gasteiger partial charge in [0.2, 0.25) is 0 Å². The highest BCUT2D eigenvalue weighted by Crippen LogP contribution is 2.27. The van der Waals surface area contributed by atoms with Crippen LogP contribution in [0.5, 0.6) is 0 Å². The van der Waals surface area contributed by atoms with E-state index < -0.39 is 5.60 Å². The van der Waals surface area contributed by atoms with Gasteiger partial charge in [0.05, 0.1) is 5.60 Å². The molecule has 0 aromatic rings. The molecule has 0 aliphatic heterocycles. The normalized spacial score (nSPS) is 18.8. The van der Waals surface area contributed by atoms with Crippen LogP contribution in [-0.2, 0) is 0 Å². The molecule has 0 saturated heterocycles. The van der Waals surface area contributed by atoms with Gasteiger partial charge in [-0.25, -0.2) is 0 Å². The molecule has 0 spiro atoms. The lowest BCUT2D eigenvalue weighted by molar-refractivity contribution is 0.0712. The first kappa shape index (κ1) is 9.01. The molecule has 0 aromatic carbocycles. The highest BCUT2D eigenvalue weighted by Gasteiger charge is 2.20. The molecule has 0 radical (unpaired) electrons. The molecule has 1 saturated carbocycles. The molecule has 66 valence electrons. The number of hydrogen-bond acceptors (Lipinski definition) is 2. The van der Waals surface area contributed by atoms with Crippen LogP contribution in [0.4, 0.5) is 0 Å². The number of aliphatic hydroxyl groups is 1. The zero-order valence-electron chi connectivity index (χ0n) is 7.56. The second kappa shape index (κ2) is 3.55. The van der Waals surface area contributed by atoms with Gasteiger partial charge in [-0.05, 0) is 52.1 Å². The molecule has 0 atom stereocenters. The summed E-state index contributed by atoms with van der Waals surface area (Å²) in [6.07, 6.45) is 3.64. The highest BCUT2D eigenvalue weighted by molar-refractivity contribution is 4.76. The van der Waals surface area contributed by atoms with Gasteiger partial charge < -0.3 is 10.4 Å². The van der Waals surface area contributed by atoms with E-state index in [-0.39, 0.29) is 0 Å². The molecule has 1 aliphatic carbocycles. The Hall–Kier alpha value is -0.0800. The Bertz CT molecular complexity index is 113. The lowest BCUT2D eigenvalue weighted by Crippen LogP contribution is -2.27. The molecule has 0 unspecified atom stereocenters. The van der Waals surface area contributed by atoms with Crippen LogP contribution in [0.15, 0.2) is 0 Å². The van der Waals surface area contributed by atoms with Crippen LogP contribution in [0.2, 0.25) is 0 Å². The van der Waals surface area contributed by atoms with Gasteiger partial charge in [-0.3, -0.25) is 0 Å². The van der Waals surface area contributed by atoms with Crippen molar-refractivity contribution in [3.05, 3.63) is 0 Å². The van der Waals surface area contributed by atoms with Crippen molar-refractivity contribution in [2.75, 3.05) is 13.1 Å². The van der Waals surface area contributed by atoms with Gasteiger partial charge in [0.25, 0.3) is 0 Å². The van der Waals surface area contributed by atoms with E-state index in [2.05, 4.69) is 5.32 Å². The Kier molecular flexibility index (Phi) is 2.90. The van der Waals surface area contributed by atoms with E-state index in [0.29, 0.717) is 0 Å². The average Bonchev–Trinajstić information content (AvgIpc) is 2.60. The molecular formula is C9H19NO. The summed E-state index contributed by atoms with van der Waals surface area (Å²) < 4.78 is 0. The predicted molar refractivity (Wildman–Crippen MR) is 46.5 cm³/mol. The standard InChI is InChI=1S/C9H19NO/c1-9(2,11)5-6-10-7-8-3-4-8/h8,10-11H,3-7H2,1-2H3. The summed E-state index contributed by atoms with van der Waals surface area (Å²) in [6.45, 7) is 5.80. The molecule has 1 fully saturated rings. The molecule has 0 amide bonds. The molecule has 0 heterocycles. The number of nitrogens with one attached hydrogen (secondary N) is 1. The maximum Gasteiger partial charge on any atom is 0.0603 e. The predicted octanol–water partition coefficient (Wildman–Crippen LogP) is 1.15. The molecule has 2 heteroatoms. The Morgan fingerprint density at radius 3 is 2.55 bits per heavy atom. The molecular weight excluding hydrogens is 138 g/mol. The van der Waals surface area contributed by atoms with Crippen molar-refractivity contribution in [3.63, 3.8) is 0 Å². The first-order valence-corrected chi connectivity index (χ1v) is 4.51. The monoisotopic (exact) mass is 157 g/mol. The van der Waals surface area contributed by atoms with E-state index in [1.165, 1.54) is 12.8 Å². The van der Waals surface area contributed by atoms with E-state index in [1.54, 1.807) is 0 Å². The summed E-state index contributed by atoms with van der Waals surface area (Å²) in [5.74, 6) is 0.941. The van der Waals surface area contributed by atoms with Crippen molar-refractivity contribution in [2.45, 2.75) is 38.7 Å². The average molecular weight is 157 g/mol. The van der Waals surface area contributed by atoms with Gasteiger partial charge in [0.15, 0.2) is 0 Å². The van der Waals surface area contributed by atoms with Crippen molar-refractivity contribution < 1.29 is 5.11 Å². The Morgan fingerprint density at radius 1 is 1.45 bits per heavy atom. The summed E-state index contributed by atoms with van der Waals surface area (Å²) in [6, 6.07) is 0. The topological polar surface area (TPSA) is 32.3 Å². The summed E-state index contributed by atoms with van der Waals surface area (Å²) in [4.78, 5) is 0. The second-order valence-electron chi connectivity index (χ2n) is 4.21. The fourth-order valence-corrected chi connectivity index (χ4v) is 1.02. The van der Waals surface area contributed by atoms with Crippen molar-refractivity contribution in [1.82, 2.24) is 5.32 Å². The molecule has 0 aromatic heterocycles. The Morgan fingerprint density at radius 2 is 2.09 bits per heavy atom. The van der Waals surface area contributed by atoms with E-state index in [0.717, 1.165) is 25.4 Å². The Balaban J connectivity index is 1.87. The zero-order valence-corrected chi connectivity index (χ0v) is 7.56. The molecule has 2 nitrogen and oxygen atoms in total. The quantitative estimate of drug-likeness (QED) is 0.587. The maximum absolute atomic E-state index is 9.36. The molecule has 0 bridgehead atoms. The highest BCUT2D eigenvalue weighted by atomic mass is 16.3. The third kappa shape index (κ3) is 5.22. The maximum atomic E-state index is 9.36. The van der Waals surface area contributed by atoms with Gasteiger partial charge in [0.1, 0.15) is 0 Å². The van der Waals surface area contributed by atoms with Crippen LogP contribution in [0.3, 0.4) is 0 Å². The second-order valence-corrected chi connectivity index (χ2v) is 4.21. The molecule has 1 rings (SSSR count).